The van der Waals surface area contributed by atoms with E-state index in [1.807, 2.05) is 0 Å². The first-order chi connectivity index (χ1) is 6.95. The van der Waals surface area contributed by atoms with E-state index in [0.29, 0.717) is 0 Å². The molecule has 88 valence electrons. The van der Waals surface area contributed by atoms with Gasteiger partial charge < -0.3 is 4.48 Å². The molecule has 3 aliphatic rings. The van der Waals surface area contributed by atoms with Crippen LogP contribution in [0.2, 0.25) is 0 Å². The molecule has 0 saturated carbocycles. The molecule has 2 heteroatoms. The third-order valence-corrected chi connectivity index (χ3v) is 5.00. The zero-order valence-corrected chi connectivity index (χ0v) is 11.0. The van der Waals surface area contributed by atoms with E-state index in [1.165, 1.54) is 30.4 Å². The zero-order chi connectivity index (χ0) is 11.2. The van der Waals surface area contributed by atoms with E-state index in [1.54, 1.807) is 0 Å². The SMILES string of the molecule is CC(C)N1C[C@@H]2CC[C@H]1C[N+]2(C)C(C)C. The molecule has 0 amide bonds. The van der Waals surface area contributed by atoms with Crippen molar-refractivity contribution in [2.75, 3.05) is 20.1 Å². The number of fused-ring (bicyclic) bond motifs is 3. The topological polar surface area (TPSA) is 3.24 Å². The Labute approximate surface area is 94.8 Å². The van der Waals surface area contributed by atoms with Crippen LogP contribution in [0.3, 0.4) is 0 Å². The summed E-state index contributed by atoms with van der Waals surface area (Å²) in [6.07, 6.45) is 2.88. The van der Waals surface area contributed by atoms with Gasteiger partial charge in [0.15, 0.2) is 0 Å². The van der Waals surface area contributed by atoms with E-state index in [9.17, 15) is 0 Å². The number of hydrogen-bond acceptors (Lipinski definition) is 1. The number of piperidine rings is 2. The van der Waals surface area contributed by atoms with Gasteiger partial charge in [-0.2, -0.15) is 0 Å². The van der Waals surface area contributed by atoms with E-state index in [4.69, 9.17) is 0 Å². The lowest BCUT2D eigenvalue weighted by Gasteiger charge is -2.58. The number of quaternary nitrogens is 1. The lowest BCUT2D eigenvalue weighted by Crippen LogP contribution is -2.73. The van der Waals surface area contributed by atoms with Crippen molar-refractivity contribution in [1.29, 1.82) is 0 Å². The van der Waals surface area contributed by atoms with Crippen molar-refractivity contribution in [1.82, 2.24) is 4.90 Å². The molecule has 3 saturated heterocycles. The third-order valence-electron chi connectivity index (χ3n) is 5.00. The van der Waals surface area contributed by atoms with Crippen LogP contribution in [-0.4, -0.2) is 53.7 Å². The van der Waals surface area contributed by atoms with Gasteiger partial charge >= 0.3 is 0 Å². The second kappa shape index (κ2) is 3.74. The summed E-state index contributed by atoms with van der Waals surface area (Å²) >= 11 is 0. The Morgan fingerprint density at radius 3 is 2.20 bits per heavy atom. The van der Waals surface area contributed by atoms with Crippen LogP contribution in [0.15, 0.2) is 0 Å². The summed E-state index contributed by atoms with van der Waals surface area (Å²) in [6, 6.07) is 3.26. The molecular weight excluding hydrogens is 184 g/mol. The Hall–Kier alpha value is -0.0800. The fraction of sp³-hybridized carbons (Fsp3) is 1.00. The van der Waals surface area contributed by atoms with Gasteiger partial charge in [0.2, 0.25) is 0 Å². The molecule has 2 bridgehead atoms. The van der Waals surface area contributed by atoms with E-state index < -0.39 is 0 Å². The Bertz CT molecular complexity index is 237. The molecule has 3 aliphatic heterocycles. The van der Waals surface area contributed by atoms with Crippen molar-refractivity contribution < 1.29 is 4.48 Å². The molecule has 0 aromatic heterocycles. The molecule has 0 aliphatic carbocycles. The predicted molar refractivity (Wildman–Crippen MR) is 64.8 cm³/mol. The van der Waals surface area contributed by atoms with Crippen molar-refractivity contribution in [2.24, 2.45) is 0 Å². The lowest BCUT2D eigenvalue weighted by atomic mass is 9.86. The van der Waals surface area contributed by atoms with E-state index in [2.05, 4.69) is 39.6 Å². The maximum absolute atomic E-state index is 2.73. The Kier molecular flexibility index (Phi) is 2.85. The van der Waals surface area contributed by atoms with Gasteiger partial charge in [-0.3, -0.25) is 4.90 Å². The van der Waals surface area contributed by atoms with Crippen LogP contribution in [0, 0.1) is 0 Å². The number of likely N-dealkylation sites (N-methyl/N-ethyl adjacent to an activating group) is 1. The Morgan fingerprint density at radius 1 is 1.13 bits per heavy atom. The monoisotopic (exact) mass is 211 g/mol. The van der Waals surface area contributed by atoms with Gasteiger partial charge in [-0.1, -0.05) is 0 Å². The molecule has 2 nitrogen and oxygen atoms in total. The van der Waals surface area contributed by atoms with Gasteiger partial charge in [0.1, 0.15) is 6.04 Å². The Balaban J connectivity index is 2.15. The van der Waals surface area contributed by atoms with Crippen LogP contribution in [0.1, 0.15) is 40.5 Å². The Morgan fingerprint density at radius 2 is 1.80 bits per heavy atom. The van der Waals surface area contributed by atoms with Gasteiger partial charge in [0.05, 0.1) is 32.2 Å². The number of nitrogens with zero attached hydrogens (tertiary/aromatic N) is 2. The largest absolute Gasteiger partial charge is 0.319 e. The van der Waals surface area contributed by atoms with Crippen LogP contribution in [0.25, 0.3) is 0 Å². The molecule has 3 heterocycles. The summed E-state index contributed by atoms with van der Waals surface area (Å²) in [5.74, 6) is 0. The molecule has 0 radical (unpaired) electrons. The minimum atomic E-state index is 0.735. The zero-order valence-electron chi connectivity index (χ0n) is 11.0. The minimum absolute atomic E-state index is 0.735. The maximum Gasteiger partial charge on any atom is 0.102 e. The average molecular weight is 211 g/mol. The van der Waals surface area contributed by atoms with Crippen molar-refractivity contribution in [2.45, 2.75) is 64.7 Å². The molecule has 0 spiro atoms. The van der Waals surface area contributed by atoms with Crippen LogP contribution in [0.5, 0.6) is 0 Å². The summed E-state index contributed by atoms with van der Waals surface area (Å²) in [7, 11) is 2.47. The normalized spacial score (nSPS) is 41.8. The van der Waals surface area contributed by atoms with Crippen molar-refractivity contribution in [3.8, 4) is 0 Å². The molecular formula is C13H27N2+. The van der Waals surface area contributed by atoms with E-state index >= 15 is 0 Å². The van der Waals surface area contributed by atoms with E-state index in [-0.39, 0.29) is 0 Å². The van der Waals surface area contributed by atoms with Gasteiger partial charge in [-0.15, -0.1) is 0 Å². The first-order valence-electron chi connectivity index (χ1n) is 6.55. The highest BCUT2D eigenvalue weighted by Crippen LogP contribution is 2.36. The summed E-state index contributed by atoms with van der Waals surface area (Å²) in [5, 5.41) is 0. The number of hydrogen-bond donors (Lipinski definition) is 0. The van der Waals surface area contributed by atoms with Gasteiger partial charge in [0.25, 0.3) is 0 Å². The summed E-state index contributed by atoms with van der Waals surface area (Å²) in [6.45, 7) is 12.2. The van der Waals surface area contributed by atoms with E-state index in [0.717, 1.165) is 24.2 Å². The molecule has 0 N–H and O–H groups in total. The van der Waals surface area contributed by atoms with Crippen LogP contribution < -0.4 is 0 Å². The van der Waals surface area contributed by atoms with Crippen molar-refractivity contribution >= 4 is 0 Å². The highest BCUT2D eigenvalue weighted by atomic mass is 15.5. The van der Waals surface area contributed by atoms with Gasteiger partial charge in [-0.05, 0) is 34.1 Å². The molecule has 1 unspecified atom stereocenters. The third kappa shape index (κ3) is 1.72. The quantitative estimate of drug-likeness (QED) is 0.632. The lowest BCUT2D eigenvalue weighted by molar-refractivity contribution is -0.965. The smallest absolute Gasteiger partial charge is 0.102 e. The summed E-state index contributed by atoms with van der Waals surface area (Å²) in [5.41, 5.74) is 0. The second-order valence-electron chi connectivity index (χ2n) is 6.30. The molecule has 15 heavy (non-hydrogen) atoms. The van der Waals surface area contributed by atoms with Gasteiger partial charge in [-0.25, -0.2) is 0 Å². The number of rotatable bonds is 2. The fourth-order valence-electron chi connectivity index (χ4n) is 3.58. The number of piperazine rings is 1. The summed E-state index contributed by atoms with van der Waals surface area (Å²) < 4.78 is 1.31. The summed E-state index contributed by atoms with van der Waals surface area (Å²) in [4.78, 5) is 2.73. The maximum atomic E-state index is 2.73. The molecule has 3 atom stereocenters. The van der Waals surface area contributed by atoms with Crippen molar-refractivity contribution in [3.63, 3.8) is 0 Å². The predicted octanol–water partition coefficient (Wildman–Crippen LogP) is 2.10. The first-order valence-corrected chi connectivity index (χ1v) is 6.55. The molecule has 3 rings (SSSR count). The van der Waals surface area contributed by atoms with Crippen molar-refractivity contribution in [3.05, 3.63) is 0 Å². The molecule has 3 fully saturated rings. The van der Waals surface area contributed by atoms with Gasteiger partial charge in [0, 0.05) is 12.5 Å². The average Bonchev–Trinajstić information content (AvgIpc) is 2.17. The minimum Gasteiger partial charge on any atom is -0.319 e. The highest BCUT2D eigenvalue weighted by Gasteiger charge is 2.49. The fourth-order valence-corrected chi connectivity index (χ4v) is 3.58. The standard InChI is InChI=1S/C13H27N2/c1-10(2)14-8-13-7-6-12(14)9-15(13,5)11(3)4/h10-13H,6-9H2,1-5H3/q+1/t12-,13-,15?/m0/s1. The van der Waals surface area contributed by atoms with Crippen LogP contribution in [-0.2, 0) is 0 Å². The second-order valence-corrected chi connectivity index (χ2v) is 6.30. The highest BCUT2D eigenvalue weighted by molar-refractivity contribution is 4.90. The first kappa shape index (κ1) is 11.4. The molecule has 0 aromatic carbocycles. The van der Waals surface area contributed by atoms with Crippen LogP contribution in [0.4, 0.5) is 0 Å². The van der Waals surface area contributed by atoms with Crippen LogP contribution >= 0.6 is 0 Å². The molecule has 0 aromatic rings.